The molecular formula is C14H18O6. The van der Waals surface area contributed by atoms with E-state index in [0.29, 0.717) is 12.8 Å². The van der Waals surface area contributed by atoms with Crippen molar-refractivity contribution in [2.45, 2.75) is 38.2 Å². The predicted molar refractivity (Wildman–Crippen MR) is 70.0 cm³/mol. The molecule has 0 saturated carbocycles. The van der Waals surface area contributed by atoms with Crippen molar-refractivity contribution in [3.05, 3.63) is 24.8 Å². The van der Waals surface area contributed by atoms with Crippen LogP contribution in [-0.2, 0) is 19.1 Å². The smallest absolute Gasteiger partial charge is 0.349 e. The first-order valence-electron chi connectivity index (χ1n) is 6.36. The molecular weight excluding hydrogens is 264 g/mol. The van der Waals surface area contributed by atoms with Crippen molar-refractivity contribution in [2.75, 3.05) is 0 Å². The quantitative estimate of drug-likeness (QED) is 0.437. The highest BCUT2D eigenvalue weighted by molar-refractivity contribution is 5.94. The van der Waals surface area contributed by atoms with Crippen molar-refractivity contribution in [3.63, 3.8) is 0 Å². The second kappa shape index (κ2) is 5.90. The molecule has 2 atom stereocenters. The molecule has 110 valence electrons. The summed E-state index contributed by atoms with van der Waals surface area (Å²) in [6.45, 7) is 4.97. The van der Waals surface area contributed by atoms with E-state index in [4.69, 9.17) is 4.74 Å². The Balaban J connectivity index is 3.46. The van der Waals surface area contributed by atoms with Gasteiger partial charge in [-0.15, -0.1) is 0 Å². The van der Waals surface area contributed by atoms with Crippen molar-refractivity contribution in [3.8, 4) is 0 Å². The van der Waals surface area contributed by atoms with Crippen LogP contribution in [0.5, 0.6) is 0 Å². The van der Waals surface area contributed by atoms with E-state index < -0.39 is 28.9 Å². The standard InChI is InChI=1S/C14H18O6/c1-3-7-13(11(16)17)8-5-6-9-14(13,12(18)19)20-10(15)4-2/h4-5,8H,2-3,6-7,9H2,1H3,(H,16,17)(H,18,19). The SMILES string of the molecule is C=CC(=O)OC1(C(=O)O)CCC=CC1(CCC)C(=O)O. The summed E-state index contributed by atoms with van der Waals surface area (Å²) in [5.74, 6) is -3.70. The van der Waals surface area contributed by atoms with Gasteiger partial charge in [0, 0.05) is 12.5 Å². The lowest BCUT2D eigenvalue weighted by Crippen LogP contribution is -2.60. The summed E-state index contributed by atoms with van der Waals surface area (Å²) < 4.78 is 5.03. The van der Waals surface area contributed by atoms with Gasteiger partial charge in [-0.25, -0.2) is 9.59 Å². The van der Waals surface area contributed by atoms with Crippen LogP contribution in [0.2, 0.25) is 0 Å². The van der Waals surface area contributed by atoms with Crippen LogP contribution in [0, 0.1) is 5.41 Å². The molecule has 0 aromatic rings. The van der Waals surface area contributed by atoms with E-state index in [0.717, 1.165) is 6.08 Å². The molecule has 1 aliphatic rings. The highest BCUT2D eigenvalue weighted by Crippen LogP contribution is 2.47. The number of ether oxygens (including phenoxy) is 1. The second-order valence-electron chi connectivity index (χ2n) is 4.72. The van der Waals surface area contributed by atoms with Crippen molar-refractivity contribution in [1.29, 1.82) is 0 Å². The van der Waals surface area contributed by atoms with E-state index in [9.17, 15) is 24.6 Å². The van der Waals surface area contributed by atoms with Crippen LogP contribution in [0.15, 0.2) is 24.8 Å². The molecule has 0 bridgehead atoms. The number of carboxylic acid groups (broad SMARTS) is 2. The van der Waals surface area contributed by atoms with Gasteiger partial charge in [-0.2, -0.15) is 0 Å². The van der Waals surface area contributed by atoms with Gasteiger partial charge in [-0.1, -0.05) is 32.1 Å². The topological polar surface area (TPSA) is 101 Å². The summed E-state index contributed by atoms with van der Waals surface area (Å²) in [5.41, 5.74) is -3.86. The Labute approximate surface area is 116 Å². The molecule has 0 fully saturated rings. The summed E-state index contributed by atoms with van der Waals surface area (Å²) in [6, 6.07) is 0. The highest BCUT2D eigenvalue weighted by Gasteiger charge is 2.63. The molecule has 0 amide bonds. The zero-order valence-electron chi connectivity index (χ0n) is 11.3. The van der Waals surface area contributed by atoms with Crippen LogP contribution in [0.3, 0.4) is 0 Å². The number of aliphatic carboxylic acids is 2. The molecule has 0 spiro atoms. The van der Waals surface area contributed by atoms with Gasteiger partial charge in [0.15, 0.2) is 0 Å². The van der Waals surface area contributed by atoms with Gasteiger partial charge in [0.05, 0.1) is 0 Å². The summed E-state index contributed by atoms with van der Waals surface area (Å²) in [6.07, 6.45) is 4.55. The van der Waals surface area contributed by atoms with Crippen molar-refractivity contribution >= 4 is 17.9 Å². The maximum absolute atomic E-state index is 11.7. The molecule has 0 aromatic heterocycles. The van der Waals surface area contributed by atoms with E-state index >= 15 is 0 Å². The fourth-order valence-electron chi connectivity index (χ4n) is 2.66. The van der Waals surface area contributed by atoms with E-state index in [1.807, 2.05) is 0 Å². The predicted octanol–water partition coefficient (Wildman–Crippen LogP) is 1.76. The molecule has 0 heterocycles. The molecule has 20 heavy (non-hydrogen) atoms. The average molecular weight is 282 g/mol. The minimum atomic E-state index is -2.10. The van der Waals surface area contributed by atoms with Gasteiger partial charge in [-0.05, 0) is 12.8 Å². The zero-order chi connectivity index (χ0) is 15.4. The maximum Gasteiger partial charge on any atom is 0.349 e. The van der Waals surface area contributed by atoms with Gasteiger partial charge in [0.1, 0.15) is 5.41 Å². The lowest BCUT2D eigenvalue weighted by molar-refractivity contribution is -0.199. The van der Waals surface area contributed by atoms with Gasteiger partial charge >= 0.3 is 17.9 Å². The molecule has 0 aliphatic heterocycles. The Morgan fingerprint density at radius 2 is 2.00 bits per heavy atom. The normalized spacial score (nSPS) is 28.6. The van der Waals surface area contributed by atoms with E-state index in [-0.39, 0.29) is 12.8 Å². The van der Waals surface area contributed by atoms with Crippen LogP contribution >= 0.6 is 0 Å². The summed E-state index contributed by atoms with van der Waals surface area (Å²) in [5, 5.41) is 19.1. The number of rotatable bonds is 6. The third kappa shape index (κ3) is 2.33. The largest absolute Gasteiger partial charge is 0.480 e. The lowest BCUT2D eigenvalue weighted by atomic mass is 9.64. The zero-order valence-corrected chi connectivity index (χ0v) is 11.3. The molecule has 2 unspecified atom stereocenters. The van der Waals surface area contributed by atoms with Gasteiger partial charge in [-0.3, -0.25) is 4.79 Å². The first-order valence-corrected chi connectivity index (χ1v) is 6.36. The highest BCUT2D eigenvalue weighted by atomic mass is 16.6. The average Bonchev–Trinajstić information content (AvgIpc) is 2.40. The Kier molecular flexibility index (Phi) is 4.70. The number of carboxylic acids is 2. The Bertz CT molecular complexity index is 466. The number of carbonyl (C=O) groups is 3. The van der Waals surface area contributed by atoms with Crippen molar-refractivity contribution in [2.24, 2.45) is 5.41 Å². The number of carbonyl (C=O) groups excluding carboxylic acids is 1. The number of esters is 1. The molecule has 0 radical (unpaired) electrons. The first-order chi connectivity index (χ1) is 9.36. The molecule has 2 N–H and O–H groups in total. The number of hydrogen-bond donors (Lipinski definition) is 2. The van der Waals surface area contributed by atoms with Crippen LogP contribution in [0.1, 0.15) is 32.6 Å². The van der Waals surface area contributed by atoms with E-state index in [1.54, 1.807) is 13.0 Å². The molecule has 1 aliphatic carbocycles. The summed E-state index contributed by atoms with van der Waals surface area (Å²) in [4.78, 5) is 34.9. The van der Waals surface area contributed by atoms with Crippen LogP contribution in [0.25, 0.3) is 0 Å². The molecule has 1 rings (SSSR count). The molecule has 0 aromatic carbocycles. The molecule has 0 saturated heterocycles. The molecule has 6 nitrogen and oxygen atoms in total. The first kappa shape index (κ1) is 15.9. The monoisotopic (exact) mass is 282 g/mol. The third-order valence-electron chi connectivity index (χ3n) is 3.60. The Hall–Kier alpha value is -2.11. The second-order valence-corrected chi connectivity index (χ2v) is 4.72. The van der Waals surface area contributed by atoms with E-state index in [1.165, 1.54) is 6.08 Å². The number of allylic oxidation sites excluding steroid dienone is 1. The molecule has 6 heteroatoms. The lowest BCUT2D eigenvalue weighted by Gasteiger charge is -2.44. The minimum absolute atomic E-state index is 0.0650. The van der Waals surface area contributed by atoms with Crippen LogP contribution in [0.4, 0.5) is 0 Å². The third-order valence-corrected chi connectivity index (χ3v) is 3.60. The number of hydrogen-bond acceptors (Lipinski definition) is 4. The van der Waals surface area contributed by atoms with E-state index in [2.05, 4.69) is 6.58 Å². The van der Waals surface area contributed by atoms with Crippen LogP contribution < -0.4 is 0 Å². The summed E-state index contributed by atoms with van der Waals surface area (Å²) in [7, 11) is 0. The Morgan fingerprint density at radius 1 is 1.35 bits per heavy atom. The maximum atomic E-state index is 11.7. The van der Waals surface area contributed by atoms with Crippen LogP contribution in [-0.4, -0.2) is 33.7 Å². The minimum Gasteiger partial charge on any atom is -0.480 e. The van der Waals surface area contributed by atoms with Gasteiger partial charge in [0.2, 0.25) is 5.60 Å². The fraction of sp³-hybridized carbons (Fsp3) is 0.500. The Morgan fingerprint density at radius 3 is 2.45 bits per heavy atom. The fourth-order valence-corrected chi connectivity index (χ4v) is 2.66. The van der Waals surface area contributed by atoms with Gasteiger partial charge < -0.3 is 14.9 Å². The van der Waals surface area contributed by atoms with Gasteiger partial charge in [0.25, 0.3) is 0 Å². The summed E-state index contributed by atoms with van der Waals surface area (Å²) >= 11 is 0. The van der Waals surface area contributed by atoms with Crippen molar-refractivity contribution in [1.82, 2.24) is 0 Å². The van der Waals surface area contributed by atoms with Crippen molar-refractivity contribution < 1.29 is 29.3 Å².